The normalized spacial score (nSPS) is 13.2. The minimum Gasteiger partial charge on any atom is -0.480 e. The molecule has 0 aliphatic heterocycles. The number of carbonyl (C=O) groups excluding carboxylic acids is 2. The third-order valence-corrected chi connectivity index (χ3v) is 6.90. The van der Waals surface area contributed by atoms with Crippen LogP contribution in [0.1, 0.15) is 65.4 Å². The second-order valence-electron chi connectivity index (χ2n) is 12.5. The van der Waals surface area contributed by atoms with E-state index in [9.17, 15) is 28.3 Å². The van der Waals surface area contributed by atoms with Crippen molar-refractivity contribution in [3.63, 3.8) is 0 Å². The van der Waals surface area contributed by atoms with Gasteiger partial charge in [-0.05, 0) is 56.4 Å². The van der Waals surface area contributed by atoms with Gasteiger partial charge in [0.2, 0.25) is 5.91 Å². The van der Waals surface area contributed by atoms with Crippen LogP contribution in [0.15, 0.2) is 54.7 Å². The van der Waals surface area contributed by atoms with E-state index in [0.29, 0.717) is 12.4 Å². The van der Waals surface area contributed by atoms with Gasteiger partial charge < -0.3 is 24.6 Å². The molecule has 44 heavy (non-hydrogen) atoms. The first-order valence-electron chi connectivity index (χ1n) is 14.1. The molecule has 2 amide bonds. The average molecular weight is 633 g/mol. The van der Waals surface area contributed by atoms with Crippen LogP contribution in [-0.2, 0) is 20.9 Å². The van der Waals surface area contributed by atoms with E-state index >= 15 is 0 Å². The molecule has 0 aliphatic rings. The number of hydrogen-bond acceptors (Lipinski definition) is 5. The molecule has 2 N–H and O–H groups in total. The maximum atomic E-state index is 14.9. The molecule has 0 aliphatic carbocycles. The third kappa shape index (κ3) is 9.25. The SMILES string of the molecule is CC(C)(C)OC(=O)NC(CCN(C(=O)CCl)C(c1nc(-c2cc(F)ccc2F)cn1Cc1ccccc1)C(C)(C)C)C(=O)O. The summed E-state index contributed by atoms with van der Waals surface area (Å²) in [6.07, 6.45) is 0.522. The molecular formula is C32H39ClF2N4O5. The fourth-order valence-corrected chi connectivity index (χ4v) is 4.98. The first-order chi connectivity index (χ1) is 20.5. The number of rotatable bonds is 11. The van der Waals surface area contributed by atoms with Crippen molar-refractivity contribution in [2.45, 2.75) is 72.2 Å². The lowest BCUT2D eigenvalue weighted by atomic mass is 9.84. The molecule has 0 saturated heterocycles. The number of aliphatic carboxylic acids is 1. The summed E-state index contributed by atoms with van der Waals surface area (Å²) in [5, 5.41) is 12.2. The summed E-state index contributed by atoms with van der Waals surface area (Å²) < 4.78 is 36.1. The van der Waals surface area contributed by atoms with Crippen molar-refractivity contribution < 1.29 is 33.0 Å². The Bertz CT molecular complexity index is 1470. The number of hydrogen-bond donors (Lipinski definition) is 2. The number of benzene rings is 2. The Morgan fingerprint density at radius 1 is 1.07 bits per heavy atom. The predicted molar refractivity (Wildman–Crippen MR) is 163 cm³/mol. The average Bonchev–Trinajstić information content (AvgIpc) is 3.32. The number of alkyl halides is 1. The Morgan fingerprint density at radius 3 is 2.30 bits per heavy atom. The Kier molecular flexibility index (Phi) is 11.1. The van der Waals surface area contributed by atoms with Crippen LogP contribution in [0.3, 0.4) is 0 Å². The lowest BCUT2D eigenvalue weighted by molar-refractivity contribution is -0.141. The van der Waals surface area contributed by atoms with Gasteiger partial charge in [0.15, 0.2) is 0 Å². The monoisotopic (exact) mass is 632 g/mol. The van der Waals surface area contributed by atoms with Crippen molar-refractivity contribution in [3.8, 4) is 11.3 Å². The van der Waals surface area contributed by atoms with E-state index in [1.165, 1.54) is 4.90 Å². The van der Waals surface area contributed by atoms with Gasteiger partial charge in [-0.1, -0.05) is 51.1 Å². The van der Waals surface area contributed by atoms with Crippen LogP contribution >= 0.6 is 11.6 Å². The standard InChI is InChI=1S/C32H39ClF2N4O5/c1-31(2,3)27(39(26(40)17-33)15-14-24(29(41)42)37-30(43)44-32(4,5)6)28-36-25(22-16-21(34)12-13-23(22)35)19-38(28)18-20-10-8-7-9-11-20/h7-13,16,19,24,27H,14-15,17-18H2,1-6H3,(H,37,43)(H,41,42). The van der Waals surface area contributed by atoms with Crippen LogP contribution in [0, 0.1) is 17.0 Å². The maximum absolute atomic E-state index is 14.9. The predicted octanol–water partition coefficient (Wildman–Crippen LogP) is 6.40. The fourth-order valence-electron chi connectivity index (χ4n) is 4.82. The van der Waals surface area contributed by atoms with E-state index in [2.05, 4.69) is 5.32 Å². The second kappa shape index (κ2) is 14.2. The van der Waals surface area contributed by atoms with Gasteiger partial charge in [0.05, 0.1) is 11.7 Å². The van der Waals surface area contributed by atoms with Gasteiger partial charge in [0.1, 0.15) is 35.0 Å². The molecule has 0 bridgehead atoms. The van der Waals surface area contributed by atoms with E-state index in [4.69, 9.17) is 21.3 Å². The number of halogens is 3. The molecular weight excluding hydrogens is 594 g/mol. The number of carboxylic acids is 1. The first-order valence-corrected chi connectivity index (χ1v) is 14.7. The largest absolute Gasteiger partial charge is 0.480 e. The summed E-state index contributed by atoms with van der Waals surface area (Å²) in [6.45, 7) is 10.8. The van der Waals surface area contributed by atoms with Crippen LogP contribution in [0.2, 0.25) is 0 Å². The zero-order valence-corrected chi connectivity index (χ0v) is 26.5. The highest BCUT2D eigenvalue weighted by atomic mass is 35.5. The van der Waals surface area contributed by atoms with Gasteiger partial charge in [-0.25, -0.2) is 23.4 Å². The number of nitrogens with one attached hydrogen (secondary N) is 1. The van der Waals surface area contributed by atoms with Gasteiger partial charge in [-0.15, -0.1) is 11.6 Å². The van der Waals surface area contributed by atoms with Crippen LogP contribution in [0.5, 0.6) is 0 Å². The smallest absolute Gasteiger partial charge is 0.408 e. The van der Waals surface area contributed by atoms with Crippen LogP contribution in [0.4, 0.5) is 13.6 Å². The van der Waals surface area contributed by atoms with Crippen molar-refractivity contribution >= 4 is 29.6 Å². The third-order valence-electron chi connectivity index (χ3n) is 6.67. The molecule has 3 rings (SSSR count). The number of alkyl carbamates (subject to hydrolysis) is 1. The zero-order chi connectivity index (χ0) is 32.8. The molecule has 2 aromatic carbocycles. The van der Waals surface area contributed by atoms with E-state index in [1.807, 2.05) is 51.1 Å². The molecule has 0 radical (unpaired) electrons. The number of imidazole rings is 1. The summed E-state index contributed by atoms with van der Waals surface area (Å²) in [6, 6.07) is 10.3. The molecule has 0 saturated carbocycles. The van der Waals surface area contributed by atoms with E-state index in [1.54, 1.807) is 31.5 Å². The molecule has 9 nitrogen and oxygen atoms in total. The fraction of sp³-hybridized carbons (Fsp3) is 0.438. The molecule has 238 valence electrons. The minimum atomic E-state index is -1.38. The van der Waals surface area contributed by atoms with Crippen molar-refractivity contribution in [1.82, 2.24) is 19.8 Å². The number of aromatic nitrogens is 2. The van der Waals surface area contributed by atoms with Crippen LogP contribution < -0.4 is 5.32 Å². The molecule has 3 aromatic rings. The summed E-state index contributed by atoms with van der Waals surface area (Å²) in [7, 11) is 0. The molecule has 2 atom stereocenters. The molecule has 12 heteroatoms. The van der Waals surface area contributed by atoms with Crippen molar-refractivity contribution in [1.29, 1.82) is 0 Å². The van der Waals surface area contributed by atoms with Gasteiger partial charge >= 0.3 is 12.1 Å². The summed E-state index contributed by atoms with van der Waals surface area (Å²) in [5.41, 5.74) is -0.534. The number of carboxylic acid groups (broad SMARTS) is 1. The minimum absolute atomic E-state index is 0.0477. The van der Waals surface area contributed by atoms with E-state index < -0.39 is 58.6 Å². The van der Waals surface area contributed by atoms with Crippen molar-refractivity contribution in [2.24, 2.45) is 5.41 Å². The maximum Gasteiger partial charge on any atom is 0.408 e. The molecule has 1 aromatic heterocycles. The number of carbonyl (C=O) groups is 3. The second-order valence-corrected chi connectivity index (χ2v) is 12.8. The van der Waals surface area contributed by atoms with Crippen molar-refractivity contribution in [2.75, 3.05) is 12.4 Å². The number of ether oxygens (including phenoxy) is 1. The Hall–Kier alpha value is -3.99. The first kappa shape index (κ1) is 34.5. The number of nitrogens with zero attached hydrogens (tertiary/aromatic N) is 3. The topological polar surface area (TPSA) is 114 Å². The van der Waals surface area contributed by atoms with Gasteiger partial charge in [-0.2, -0.15) is 0 Å². The Balaban J connectivity index is 2.10. The lowest BCUT2D eigenvalue weighted by Crippen LogP contribution is -2.48. The Morgan fingerprint density at radius 2 is 1.73 bits per heavy atom. The molecule has 0 spiro atoms. The molecule has 2 unspecified atom stereocenters. The van der Waals surface area contributed by atoms with Crippen molar-refractivity contribution in [3.05, 3.63) is 77.8 Å². The van der Waals surface area contributed by atoms with E-state index in [-0.39, 0.29) is 24.2 Å². The number of amides is 2. The highest BCUT2D eigenvalue weighted by Gasteiger charge is 2.39. The lowest BCUT2D eigenvalue weighted by Gasteiger charge is -2.40. The summed E-state index contributed by atoms with van der Waals surface area (Å²) >= 11 is 6.06. The zero-order valence-electron chi connectivity index (χ0n) is 25.7. The summed E-state index contributed by atoms with van der Waals surface area (Å²) in [4.78, 5) is 44.0. The van der Waals surface area contributed by atoms with Gasteiger partial charge in [0.25, 0.3) is 0 Å². The Labute approximate surface area is 261 Å². The quantitative estimate of drug-likeness (QED) is 0.237. The highest BCUT2D eigenvalue weighted by molar-refractivity contribution is 6.27. The highest BCUT2D eigenvalue weighted by Crippen LogP contribution is 2.39. The van der Waals surface area contributed by atoms with Gasteiger partial charge in [0, 0.05) is 24.8 Å². The van der Waals surface area contributed by atoms with Gasteiger partial charge in [-0.3, -0.25) is 4.79 Å². The summed E-state index contributed by atoms with van der Waals surface area (Å²) in [5.74, 6) is -3.15. The molecule has 1 heterocycles. The van der Waals surface area contributed by atoms with Crippen LogP contribution in [0.25, 0.3) is 11.3 Å². The van der Waals surface area contributed by atoms with Crippen LogP contribution in [-0.4, -0.2) is 61.6 Å². The molecule has 0 fully saturated rings. The van der Waals surface area contributed by atoms with E-state index in [0.717, 1.165) is 23.8 Å².